The Morgan fingerprint density at radius 2 is 1.88 bits per heavy atom. The number of benzene rings is 1. The molecule has 0 spiro atoms. The van der Waals surface area contributed by atoms with E-state index in [-0.39, 0.29) is 0 Å². The number of hydrogen-bond donors (Lipinski definition) is 1. The summed E-state index contributed by atoms with van der Waals surface area (Å²) in [4.78, 5) is 0. The van der Waals surface area contributed by atoms with Crippen molar-refractivity contribution in [3.8, 4) is 5.75 Å². The Morgan fingerprint density at radius 3 is 2.56 bits per heavy atom. The number of aliphatic hydroxyl groups is 1. The van der Waals surface area contributed by atoms with Crippen LogP contribution in [0.25, 0.3) is 0 Å². The van der Waals surface area contributed by atoms with E-state index in [4.69, 9.17) is 4.74 Å². The van der Waals surface area contributed by atoms with Gasteiger partial charge in [0, 0.05) is 6.42 Å². The van der Waals surface area contributed by atoms with Crippen LogP contribution in [0.3, 0.4) is 0 Å². The average molecular weight is 220 g/mol. The van der Waals surface area contributed by atoms with E-state index in [0.29, 0.717) is 0 Å². The second kappa shape index (κ2) is 4.88. The lowest BCUT2D eigenvalue weighted by molar-refractivity contribution is 0.00405. The first kappa shape index (κ1) is 11.5. The summed E-state index contributed by atoms with van der Waals surface area (Å²) in [6.07, 6.45) is 6.11. The molecule has 0 heterocycles. The molecule has 1 N–H and O–H groups in total. The third-order valence-electron chi connectivity index (χ3n) is 3.50. The highest BCUT2D eigenvalue weighted by atomic mass is 16.5. The van der Waals surface area contributed by atoms with Crippen LogP contribution in [0.2, 0.25) is 0 Å². The van der Waals surface area contributed by atoms with Crippen molar-refractivity contribution in [1.82, 2.24) is 0 Å². The Bertz CT molecular complexity index is 340. The van der Waals surface area contributed by atoms with Crippen LogP contribution in [0.1, 0.15) is 37.7 Å². The zero-order valence-electron chi connectivity index (χ0n) is 9.91. The molecule has 1 fully saturated rings. The minimum atomic E-state index is -0.507. The summed E-state index contributed by atoms with van der Waals surface area (Å²) in [5.74, 6) is 0.890. The van der Waals surface area contributed by atoms with Gasteiger partial charge in [0.05, 0.1) is 12.7 Å². The first-order valence-corrected chi connectivity index (χ1v) is 6.08. The van der Waals surface area contributed by atoms with E-state index in [1.807, 2.05) is 24.3 Å². The van der Waals surface area contributed by atoms with Crippen molar-refractivity contribution in [3.63, 3.8) is 0 Å². The fourth-order valence-electron chi connectivity index (χ4n) is 2.59. The maximum Gasteiger partial charge on any atom is 0.122 e. The standard InChI is InChI=1S/C14H20O2/c1-16-13-8-4-3-7-12(13)11-14(15)9-5-2-6-10-14/h3-4,7-8,15H,2,5-6,9-11H2,1H3. The zero-order valence-corrected chi connectivity index (χ0v) is 9.91. The zero-order chi connectivity index (χ0) is 11.4. The molecule has 1 aliphatic rings. The van der Waals surface area contributed by atoms with Gasteiger partial charge in [0.2, 0.25) is 0 Å². The van der Waals surface area contributed by atoms with Crippen LogP contribution in [0.5, 0.6) is 5.75 Å². The fraction of sp³-hybridized carbons (Fsp3) is 0.571. The van der Waals surface area contributed by atoms with E-state index >= 15 is 0 Å². The molecule has 0 atom stereocenters. The minimum absolute atomic E-state index is 0.507. The monoisotopic (exact) mass is 220 g/mol. The Balaban J connectivity index is 2.12. The molecule has 0 saturated heterocycles. The van der Waals surface area contributed by atoms with Gasteiger partial charge in [-0.2, -0.15) is 0 Å². The Morgan fingerprint density at radius 1 is 1.19 bits per heavy atom. The van der Waals surface area contributed by atoms with E-state index < -0.39 is 5.60 Å². The summed E-state index contributed by atoms with van der Waals surface area (Å²) in [5.41, 5.74) is 0.613. The molecule has 1 aromatic rings. The average Bonchev–Trinajstić information content (AvgIpc) is 2.30. The molecular formula is C14H20O2. The van der Waals surface area contributed by atoms with Gasteiger partial charge in [0.15, 0.2) is 0 Å². The van der Waals surface area contributed by atoms with Crippen LogP contribution in [-0.2, 0) is 6.42 Å². The fourth-order valence-corrected chi connectivity index (χ4v) is 2.59. The van der Waals surface area contributed by atoms with E-state index in [2.05, 4.69) is 0 Å². The molecule has 1 saturated carbocycles. The normalized spacial score (nSPS) is 19.4. The van der Waals surface area contributed by atoms with Gasteiger partial charge < -0.3 is 9.84 Å². The molecule has 0 aliphatic heterocycles. The predicted octanol–water partition coefficient (Wildman–Crippen LogP) is 2.93. The lowest BCUT2D eigenvalue weighted by Gasteiger charge is -2.32. The Kier molecular flexibility index (Phi) is 3.49. The second-order valence-electron chi connectivity index (χ2n) is 4.77. The maximum absolute atomic E-state index is 10.5. The van der Waals surface area contributed by atoms with Gasteiger partial charge >= 0.3 is 0 Å². The van der Waals surface area contributed by atoms with Crippen LogP contribution in [0.15, 0.2) is 24.3 Å². The van der Waals surface area contributed by atoms with Crippen LogP contribution in [0, 0.1) is 0 Å². The highest BCUT2D eigenvalue weighted by molar-refractivity contribution is 5.34. The van der Waals surface area contributed by atoms with Crippen molar-refractivity contribution in [2.75, 3.05) is 7.11 Å². The highest BCUT2D eigenvalue weighted by Gasteiger charge is 2.30. The molecule has 88 valence electrons. The molecule has 0 amide bonds. The van der Waals surface area contributed by atoms with Gasteiger partial charge in [0.25, 0.3) is 0 Å². The van der Waals surface area contributed by atoms with Gasteiger partial charge in [-0.15, -0.1) is 0 Å². The number of rotatable bonds is 3. The number of ether oxygens (including phenoxy) is 1. The summed E-state index contributed by atoms with van der Waals surface area (Å²) in [5, 5.41) is 10.5. The smallest absolute Gasteiger partial charge is 0.122 e. The third-order valence-corrected chi connectivity index (χ3v) is 3.50. The van der Waals surface area contributed by atoms with Gasteiger partial charge in [-0.3, -0.25) is 0 Å². The van der Waals surface area contributed by atoms with Crippen molar-refractivity contribution in [2.45, 2.75) is 44.1 Å². The molecule has 0 radical (unpaired) electrons. The number of para-hydroxylation sites is 1. The number of hydrogen-bond acceptors (Lipinski definition) is 2. The summed E-state index contributed by atoms with van der Waals surface area (Å²) >= 11 is 0. The van der Waals surface area contributed by atoms with Crippen LogP contribution in [-0.4, -0.2) is 17.8 Å². The molecule has 2 nitrogen and oxygen atoms in total. The topological polar surface area (TPSA) is 29.5 Å². The minimum Gasteiger partial charge on any atom is -0.496 e. The molecule has 0 bridgehead atoms. The molecule has 1 aromatic carbocycles. The molecule has 2 heteroatoms. The Labute approximate surface area is 97.3 Å². The van der Waals surface area contributed by atoms with Crippen molar-refractivity contribution in [3.05, 3.63) is 29.8 Å². The summed E-state index contributed by atoms with van der Waals surface area (Å²) in [6.45, 7) is 0. The SMILES string of the molecule is COc1ccccc1CC1(O)CCCCC1. The second-order valence-corrected chi connectivity index (χ2v) is 4.77. The summed E-state index contributed by atoms with van der Waals surface area (Å²) in [7, 11) is 1.68. The van der Waals surface area contributed by atoms with Crippen molar-refractivity contribution < 1.29 is 9.84 Å². The Hall–Kier alpha value is -1.02. The molecule has 16 heavy (non-hydrogen) atoms. The van der Waals surface area contributed by atoms with E-state index in [1.54, 1.807) is 7.11 Å². The predicted molar refractivity (Wildman–Crippen MR) is 64.7 cm³/mol. The summed E-state index contributed by atoms with van der Waals surface area (Å²) in [6, 6.07) is 7.98. The van der Waals surface area contributed by atoms with Gasteiger partial charge in [-0.05, 0) is 24.5 Å². The van der Waals surface area contributed by atoms with Gasteiger partial charge in [-0.1, -0.05) is 37.5 Å². The molecule has 0 unspecified atom stereocenters. The molecule has 1 aliphatic carbocycles. The van der Waals surface area contributed by atoms with E-state index in [9.17, 15) is 5.11 Å². The quantitative estimate of drug-likeness (QED) is 0.848. The molecule has 2 rings (SSSR count). The first-order valence-electron chi connectivity index (χ1n) is 6.08. The number of methoxy groups -OCH3 is 1. The highest BCUT2D eigenvalue weighted by Crippen LogP contribution is 2.33. The van der Waals surface area contributed by atoms with Crippen molar-refractivity contribution in [2.24, 2.45) is 0 Å². The van der Waals surface area contributed by atoms with Crippen molar-refractivity contribution in [1.29, 1.82) is 0 Å². The molecule has 0 aromatic heterocycles. The van der Waals surface area contributed by atoms with Gasteiger partial charge in [-0.25, -0.2) is 0 Å². The summed E-state index contributed by atoms with van der Waals surface area (Å²) < 4.78 is 5.32. The van der Waals surface area contributed by atoms with Crippen LogP contribution < -0.4 is 4.74 Å². The van der Waals surface area contributed by atoms with Crippen molar-refractivity contribution >= 4 is 0 Å². The third kappa shape index (κ3) is 2.56. The maximum atomic E-state index is 10.5. The molecular weight excluding hydrogens is 200 g/mol. The largest absolute Gasteiger partial charge is 0.496 e. The first-order chi connectivity index (χ1) is 7.73. The van der Waals surface area contributed by atoms with E-state index in [1.165, 1.54) is 6.42 Å². The van der Waals surface area contributed by atoms with Crippen LogP contribution in [0.4, 0.5) is 0 Å². The lowest BCUT2D eigenvalue weighted by atomic mass is 9.80. The van der Waals surface area contributed by atoms with Crippen LogP contribution >= 0.6 is 0 Å². The lowest BCUT2D eigenvalue weighted by Crippen LogP contribution is -2.33. The van der Waals surface area contributed by atoms with Gasteiger partial charge in [0.1, 0.15) is 5.75 Å². The van der Waals surface area contributed by atoms with E-state index in [0.717, 1.165) is 43.4 Å².